The standard InChI is InChI=1S/C4H6N2O/c1-3-6-4(5)2-7-3/h5H,2H2,1H3. The Morgan fingerprint density at radius 1 is 1.86 bits per heavy atom. The molecule has 3 nitrogen and oxygen atoms in total. The van der Waals surface area contributed by atoms with Crippen molar-refractivity contribution in [3.8, 4) is 0 Å². The number of hydrogen-bond donors (Lipinski definition) is 1. The van der Waals surface area contributed by atoms with Gasteiger partial charge in [-0.25, -0.2) is 0 Å². The predicted molar refractivity (Wildman–Crippen MR) is 26.8 cm³/mol. The number of nitrogens with zero attached hydrogens (tertiary/aromatic N) is 1. The summed E-state index contributed by atoms with van der Waals surface area (Å²) in [7, 11) is 0. The number of amidine groups is 1. The van der Waals surface area contributed by atoms with Crippen molar-refractivity contribution in [1.29, 1.82) is 5.41 Å². The maximum Gasteiger partial charge on any atom is 0.187 e. The normalized spacial score (nSPS) is 19.0. The molecule has 3 heteroatoms. The number of rotatable bonds is 0. The van der Waals surface area contributed by atoms with Gasteiger partial charge < -0.3 is 4.74 Å². The van der Waals surface area contributed by atoms with Crippen LogP contribution in [0.4, 0.5) is 0 Å². The summed E-state index contributed by atoms with van der Waals surface area (Å²) in [6.45, 7) is 2.09. The van der Waals surface area contributed by atoms with Gasteiger partial charge in [0.1, 0.15) is 6.61 Å². The fraction of sp³-hybridized carbons (Fsp3) is 0.500. The second-order valence-corrected chi connectivity index (χ2v) is 1.37. The van der Waals surface area contributed by atoms with Crippen LogP contribution in [0.5, 0.6) is 0 Å². The van der Waals surface area contributed by atoms with Crippen LogP contribution in [-0.4, -0.2) is 18.3 Å². The van der Waals surface area contributed by atoms with Gasteiger partial charge in [0.05, 0.1) is 0 Å². The van der Waals surface area contributed by atoms with Crippen LogP contribution >= 0.6 is 0 Å². The van der Waals surface area contributed by atoms with Crippen LogP contribution in [0.1, 0.15) is 6.92 Å². The molecular weight excluding hydrogens is 92.1 g/mol. The topological polar surface area (TPSA) is 45.4 Å². The van der Waals surface area contributed by atoms with E-state index in [9.17, 15) is 0 Å². The molecule has 0 bridgehead atoms. The Bertz CT molecular complexity index is 128. The van der Waals surface area contributed by atoms with E-state index in [2.05, 4.69) is 4.99 Å². The Balaban J connectivity index is 2.67. The quantitative estimate of drug-likeness (QED) is 0.468. The van der Waals surface area contributed by atoms with Gasteiger partial charge in [-0.3, -0.25) is 5.41 Å². The Morgan fingerprint density at radius 2 is 2.57 bits per heavy atom. The Morgan fingerprint density at radius 3 is 2.71 bits per heavy atom. The molecule has 0 spiro atoms. The van der Waals surface area contributed by atoms with Crippen molar-refractivity contribution in [1.82, 2.24) is 0 Å². The van der Waals surface area contributed by atoms with Crippen molar-refractivity contribution in [2.75, 3.05) is 6.61 Å². The first-order valence-corrected chi connectivity index (χ1v) is 2.04. The van der Waals surface area contributed by atoms with Gasteiger partial charge in [-0.05, 0) is 0 Å². The van der Waals surface area contributed by atoms with Crippen molar-refractivity contribution < 1.29 is 4.74 Å². The highest BCUT2D eigenvalue weighted by Gasteiger charge is 2.04. The maximum absolute atomic E-state index is 6.87. The molecule has 0 aromatic rings. The summed E-state index contributed by atoms with van der Waals surface area (Å²) in [5.74, 6) is 0.919. The van der Waals surface area contributed by atoms with Gasteiger partial charge >= 0.3 is 0 Å². The van der Waals surface area contributed by atoms with E-state index in [-0.39, 0.29) is 0 Å². The van der Waals surface area contributed by atoms with E-state index in [0.29, 0.717) is 18.3 Å². The number of aliphatic imine (C=N–C) groups is 1. The number of ether oxygens (including phenoxy) is 1. The molecule has 0 saturated heterocycles. The SMILES string of the molecule is CC1=NC(=N)CO1. The molecule has 1 heterocycles. The summed E-state index contributed by atoms with van der Waals surface area (Å²) < 4.78 is 4.79. The fourth-order valence-corrected chi connectivity index (χ4v) is 0.427. The van der Waals surface area contributed by atoms with Crippen molar-refractivity contribution in [2.45, 2.75) is 6.92 Å². The third kappa shape index (κ3) is 0.765. The largest absolute Gasteiger partial charge is 0.473 e. The molecule has 0 fully saturated rings. The molecule has 0 saturated carbocycles. The second kappa shape index (κ2) is 1.33. The third-order valence-corrected chi connectivity index (χ3v) is 0.710. The van der Waals surface area contributed by atoms with Crippen LogP contribution in [0.25, 0.3) is 0 Å². The first-order valence-electron chi connectivity index (χ1n) is 2.04. The zero-order valence-electron chi connectivity index (χ0n) is 4.06. The Kier molecular flexibility index (Phi) is 0.817. The van der Waals surface area contributed by atoms with Crippen LogP contribution in [0.3, 0.4) is 0 Å². The summed E-state index contributed by atoms with van der Waals surface area (Å²) in [5.41, 5.74) is 0. The van der Waals surface area contributed by atoms with Gasteiger partial charge in [0.25, 0.3) is 0 Å². The monoisotopic (exact) mass is 98.0 g/mol. The molecule has 0 aromatic carbocycles. The van der Waals surface area contributed by atoms with Crippen molar-refractivity contribution in [2.24, 2.45) is 4.99 Å². The zero-order valence-corrected chi connectivity index (χ0v) is 4.06. The lowest BCUT2D eigenvalue weighted by molar-refractivity contribution is 0.376. The van der Waals surface area contributed by atoms with Crippen LogP contribution in [0, 0.1) is 5.41 Å². The number of hydrogen-bond acceptors (Lipinski definition) is 2. The van der Waals surface area contributed by atoms with Gasteiger partial charge in [0, 0.05) is 6.92 Å². The molecule has 0 atom stereocenters. The van der Waals surface area contributed by atoms with Gasteiger partial charge in [-0.2, -0.15) is 4.99 Å². The molecule has 1 N–H and O–H groups in total. The van der Waals surface area contributed by atoms with Crippen LogP contribution in [0.15, 0.2) is 4.99 Å². The van der Waals surface area contributed by atoms with E-state index in [1.807, 2.05) is 0 Å². The summed E-state index contributed by atoms with van der Waals surface area (Å²) in [5, 5.41) is 6.87. The van der Waals surface area contributed by atoms with E-state index in [1.165, 1.54) is 0 Å². The zero-order chi connectivity index (χ0) is 5.28. The second-order valence-electron chi connectivity index (χ2n) is 1.37. The molecule has 0 aliphatic carbocycles. The highest BCUT2D eigenvalue weighted by atomic mass is 16.5. The Hall–Kier alpha value is -0.860. The van der Waals surface area contributed by atoms with Crippen LogP contribution in [-0.2, 0) is 4.74 Å². The van der Waals surface area contributed by atoms with Gasteiger partial charge in [-0.1, -0.05) is 0 Å². The molecule has 7 heavy (non-hydrogen) atoms. The van der Waals surface area contributed by atoms with Crippen molar-refractivity contribution in [3.05, 3.63) is 0 Å². The average Bonchev–Trinajstić information content (AvgIpc) is 1.87. The minimum absolute atomic E-state index is 0.317. The smallest absolute Gasteiger partial charge is 0.187 e. The first kappa shape index (κ1) is 4.30. The molecule has 1 aliphatic rings. The third-order valence-electron chi connectivity index (χ3n) is 0.710. The lowest BCUT2D eigenvalue weighted by Gasteiger charge is -1.85. The van der Waals surface area contributed by atoms with Crippen molar-refractivity contribution in [3.63, 3.8) is 0 Å². The molecule has 38 valence electrons. The molecule has 0 unspecified atom stereocenters. The lowest BCUT2D eigenvalue weighted by Crippen LogP contribution is -1.93. The Labute approximate surface area is 41.5 Å². The van der Waals surface area contributed by atoms with Crippen LogP contribution < -0.4 is 0 Å². The first-order chi connectivity index (χ1) is 3.29. The van der Waals surface area contributed by atoms with E-state index < -0.39 is 0 Å². The van der Waals surface area contributed by atoms with Crippen LogP contribution in [0.2, 0.25) is 0 Å². The molecule has 1 rings (SSSR count). The predicted octanol–water partition coefficient (Wildman–Crippen LogP) is 0.412. The number of nitrogens with one attached hydrogen (secondary N) is 1. The minimum atomic E-state index is 0.317. The molecule has 0 radical (unpaired) electrons. The highest BCUT2D eigenvalue weighted by molar-refractivity contribution is 5.97. The van der Waals surface area contributed by atoms with Gasteiger partial charge in [0.2, 0.25) is 0 Å². The average molecular weight is 98.1 g/mol. The summed E-state index contributed by atoms with van der Waals surface area (Å²) >= 11 is 0. The molecule has 0 amide bonds. The lowest BCUT2D eigenvalue weighted by atomic mass is 10.7. The van der Waals surface area contributed by atoms with E-state index >= 15 is 0 Å². The van der Waals surface area contributed by atoms with Gasteiger partial charge in [0.15, 0.2) is 11.7 Å². The van der Waals surface area contributed by atoms with E-state index in [0.717, 1.165) is 0 Å². The molecule has 0 aromatic heterocycles. The molecular formula is C4H6N2O. The maximum atomic E-state index is 6.87. The minimum Gasteiger partial charge on any atom is -0.473 e. The fourth-order valence-electron chi connectivity index (χ4n) is 0.427. The highest BCUT2D eigenvalue weighted by Crippen LogP contribution is 1.93. The van der Waals surface area contributed by atoms with Crippen molar-refractivity contribution >= 4 is 11.7 Å². The molecule has 1 aliphatic heterocycles. The summed E-state index contributed by atoms with van der Waals surface area (Å²) in [6.07, 6.45) is 0. The summed E-state index contributed by atoms with van der Waals surface area (Å²) in [6, 6.07) is 0. The van der Waals surface area contributed by atoms with Gasteiger partial charge in [-0.15, -0.1) is 0 Å². The summed E-state index contributed by atoms with van der Waals surface area (Å²) in [4.78, 5) is 3.67. The van der Waals surface area contributed by atoms with E-state index in [1.54, 1.807) is 6.92 Å². The van der Waals surface area contributed by atoms with E-state index in [4.69, 9.17) is 10.1 Å².